The van der Waals surface area contributed by atoms with Crippen molar-refractivity contribution in [3.05, 3.63) is 81.6 Å². The first kappa shape index (κ1) is 23.7. The van der Waals surface area contributed by atoms with Crippen molar-refractivity contribution in [2.75, 3.05) is 25.3 Å². The Balaban J connectivity index is 1.66. The van der Waals surface area contributed by atoms with E-state index in [0.29, 0.717) is 38.3 Å². The zero-order valence-corrected chi connectivity index (χ0v) is 20.4. The molecule has 0 aliphatic carbocycles. The van der Waals surface area contributed by atoms with Crippen molar-refractivity contribution in [1.82, 2.24) is 9.55 Å². The van der Waals surface area contributed by atoms with Crippen LogP contribution in [-0.4, -0.2) is 35.4 Å². The van der Waals surface area contributed by atoms with E-state index < -0.39 is 0 Å². The lowest BCUT2D eigenvalue weighted by atomic mass is 10.2. The molecule has 7 nitrogen and oxygen atoms in total. The number of hydrogen-bond acceptors (Lipinski definition) is 6. The minimum absolute atomic E-state index is 0.0173. The number of nitrogens with one attached hydrogen (secondary N) is 1. The van der Waals surface area contributed by atoms with Crippen LogP contribution >= 0.6 is 23.4 Å². The summed E-state index contributed by atoms with van der Waals surface area (Å²) >= 11 is 7.38. The van der Waals surface area contributed by atoms with Crippen LogP contribution in [-0.2, 0) is 4.79 Å². The van der Waals surface area contributed by atoms with Crippen molar-refractivity contribution in [2.24, 2.45) is 0 Å². The molecule has 3 aromatic carbocycles. The fraction of sp³-hybridized carbons (Fsp3) is 0.160. The van der Waals surface area contributed by atoms with Gasteiger partial charge in [0.2, 0.25) is 5.91 Å². The van der Waals surface area contributed by atoms with Crippen LogP contribution in [0.4, 0.5) is 5.69 Å². The Morgan fingerprint density at radius 1 is 1.06 bits per heavy atom. The third kappa shape index (κ3) is 4.73. The number of benzene rings is 3. The SMILES string of the molecule is COc1cc(OC)c(NC(=O)CSc2nc3ccccc3c(=O)n2-c2ccccc2C)cc1Cl. The van der Waals surface area contributed by atoms with Crippen LogP contribution < -0.4 is 20.3 Å². The van der Waals surface area contributed by atoms with Gasteiger partial charge in [-0.3, -0.25) is 14.2 Å². The third-order valence-electron chi connectivity index (χ3n) is 5.18. The molecule has 4 aromatic rings. The molecule has 0 saturated heterocycles. The Kier molecular flexibility index (Phi) is 7.09. The molecule has 0 unspecified atom stereocenters. The van der Waals surface area contributed by atoms with Crippen LogP contribution in [0.2, 0.25) is 5.02 Å². The highest BCUT2D eigenvalue weighted by molar-refractivity contribution is 7.99. The first-order valence-corrected chi connectivity index (χ1v) is 11.7. The number of carbonyl (C=O) groups is 1. The van der Waals surface area contributed by atoms with E-state index in [1.165, 1.54) is 26.0 Å². The fourth-order valence-electron chi connectivity index (χ4n) is 3.51. The number of thioether (sulfide) groups is 1. The quantitative estimate of drug-likeness (QED) is 0.284. The van der Waals surface area contributed by atoms with Gasteiger partial charge in [0.05, 0.1) is 47.3 Å². The number of nitrogens with zero attached hydrogens (tertiary/aromatic N) is 2. The predicted octanol–water partition coefficient (Wildman–Crippen LogP) is 5.10. The minimum atomic E-state index is -0.303. The number of aryl methyl sites for hydroxylation is 1. The molecule has 0 fully saturated rings. The molecule has 9 heteroatoms. The van der Waals surface area contributed by atoms with Crippen LogP contribution in [0.3, 0.4) is 0 Å². The number of carbonyl (C=O) groups excluding carboxylic acids is 1. The lowest BCUT2D eigenvalue weighted by Gasteiger charge is -2.15. The number of aromatic nitrogens is 2. The standard InChI is InChI=1S/C25H22ClN3O4S/c1-15-8-4-7-11-20(15)29-24(31)16-9-5-6-10-18(16)28-25(29)34-14-23(30)27-19-12-17(26)21(32-2)13-22(19)33-3/h4-13H,14H2,1-3H3,(H,27,30). The highest BCUT2D eigenvalue weighted by Crippen LogP contribution is 2.36. The van der Waals surface area contributed by atoms with Crippen molar-refractivity contribution in [3.8, 4) is 17.2 Å². The summed E-state index contributed by atoms with van der Waals surface area (Å²) in [5.74, 6) is 0.570. The zero-order chi connectivity index (χ0) is 24.2. The minimum Gasteiger partial charge on any atom is -0.495 e. The van der Waals surface area contributed by atoms with E-state index >= 15 is 0 Å². The number of fused-ring (bicyclic) bond motifs is 1. The number of hydrogen-bond donors (Lipinski definition) is 1. The molecule has 4 rings (SSSR count). The number of ether oxygens (including phenoxy) is 2. The van der Waals surface area contributed by atoms with Gasteiger partial charge in [-0.2, -0.15) is 0 Å². The topological polar surface area (TPSA) is 82.5 Å². The Hall–Kier alpha value is -3.49. The summed E-state index contributed by atoms with van der Waals surface area (Å²) in [5.41, 5.74) is 2.44. The lowest BCUT2D eigenvalue weighted by molar-refractivity contribution is -0.113. The van der Waals surface area contributed by atoms with Gasteiger partial charge in [-0.25, -0.2) is 4.98 Å². The number of anilines is 1. The van der Waals surface area contributed by atoms with Crippen LogP contribution in [0.1, 0.15) is 5.56 Å². The summed E-state index contributed by atoms with van der Waals surface area (Å²) in [4.78, 5) is 30.9. The van der Waals surface area contributed by atoms with E-state index in [1.807, 2.05) is 37.3 Å². The maximum atomic E-state index is 13.4. The Labute approximate surface area is 205 Å². The van der Waals surface area contributed by atoms with E-state index in [4.69, 9.17) is 21.1 Å². The van der Waals surface area contributed by atoms with Crippen LogP contribution in [0.15, 0.2) is 70.6 Å². The van der Waals surface area contributed by atoms with Crippen LogP contribution in [0.25, 0.3) is 16.6 Å². The first-order valence-electron chi connectivity index (χ1n) is 10.3. The maximum absolute atomic E-state index is 13.4. The summed E-state index contributed by atoms with van der Waals surface area (Å²) in [5, 5.41) is 4.08. The molecule has 1 heterocycles. The van der Waals surface area contributed by atoms with Crippen LogP contribution in [0, 0.1) is 6.92 Å². The maximum Gasteiger partial charge on any atom is 0.266 e. The van der Waals surface area contributed by atoms with Crippen molar-refractivity contribution in [1.29, 1.82) is 0 Å². The molecule has 0 aliphatic rings. The average molecular weight is 496 g/mol. The number of para-hydroxylation sites is 2. The zero-order valence-electron chi connectivity index (χ0n) is 18.8. The molecule has 0 bridgehead atoms. The van der Waals surface area contributed by atoms with Gasteiger partial charge in [-0.05, 0) is 36.8 Å². The normalized spacial score (nSPS) is 10.8. The molecule has 1 amide bonds. The Bertz CT molecular complexity index is 1440. The molecule has 0 spiro atoms. The van der Waals surface area contributed by atoms with Crippen molar-refractivity contribution < 1.29 is 14.3 Å². The first-order chi connectivity index (χ1) is 16.4. The van der Waals surface area contributed by atoms with Gasteiger partial charge in [-0.15, -0.1) is 0 Å². The molecule has 1 N–H and O–H groups in total. The summed E-state index contributed by atoms with van der Waals surface area (Å²) in [6.45, 7) is 1.93. The molecule has 0 saturated carbocycles. The van der Waals surface area contributed by atoms with Gasteiger partial charge >= 0.3 is 0 Å². The Morgan fingerprint density at radius 3 is 2.50 bits per heavy atom. The second-order valence-electron chi connectivity index (χ2n) is 7.36. The lowest BCUT2D eigenvalue weighted by Crippen LogP contribution is -2.23. The Morgan fingerprint density at radius 2 is 1.76 bits per heavy atom. The van der Waals surface area contributed by atoms with E-state index in [0.717, 1.165) is 11.3 Å². The van der Waals surface area contributed by atoms with Gasteiger partial charge in [0.1, 0.15) is 11.5 Å². The van der Waals surface area contributed by atoms with E-state index in [-0.39, 0.29) is 17.2 Å². The molecule has 34 heavy (non-hydrogen) atoms. The predicted molar refractivity (Wildman–Crippen MR) is 136 cm³/mol. The summed E-state index contributed by atoms with van der Waals surface area (Å²) < 4.78 is 12.1. The van der Waals surface area contributed by atoms with Crippen LogP contribution in [0.5, 0.6) is 11.5 Å². The van der Waals surface area contributed by atoms with E-state index in [1.54, 1.807) is 34.9 Å². The summed E-state index contributed by atoms with van der Waals surface area (Å²) in [6, 6.07) is 17.9. The van der Waals surface area contributed by atoms with Crippen molar-refractivity contribution >= 4 is 45.9 Å². The highest BCUT2D eigenvalue weighted by atomic mass is 35.5. The second kappa shape index (κ2) is 10.2. The molecule has 1 aromatic heterocycles. The largest absolute Gasteiger partial charge is 0.495 e. The molecule has 0 atom stereocenters. The monoisotopic (exact) mass is 495 g/mol. The molecule has 174 valence electrons. The van der Waals surface area contributed by atoms with Gasteiger partial charge in [0.25, 0.3) is 5.56 Å². The number of methoxy groups -OCH3 is 2. The molecular weight excluding hydrogens is 474 g/mol. The molecular formula is C25H22ClN3O4S. The van der Waals surface area contributed by atoms with Crippen molar-refractivity contribution in [3.63, 3.8) is 0 Å². The average Bonchev–Trinajstić information content (AvgIpc) is 2.84. The number of amides is 1. The molecule has 0 radical (unpaired) electrons. The van der Waals surface area contributed by atoms with Gasteiger partial charge < -0.3 is 14.8 Å². The second-order valence-corrected chi connectivity index (χ2v) is 8.71. The van der Waals surface area contributed by atoms with E-state index in [2.05, 4.69) is 10.3 Å². The van der Waals surface area contributed by atoms with Crippen molar-refractivity contribution in [2.45, 2.75) is 12.1 Å². The summed E-state index contributed by atoms with van der Waals surface area (Å²) in [7, 11) is 2.99. The van der Waals surface area contributed by atoms with Gasteiger partial charge in [0, 0.05) is 6.07 Å². The molecule has 0 aliphatic heterocycles. The smallest absolute Gasteiger partial charge is 0.266 e. The fourth-order valence-corrected chi connectivity index (χ4v) is 4.56. The van der Waals surface area contributed by atoms with E-state index in [9.17, 15) is 9.59 Å². The number of rotatable bonds is 7. The third-order valence-corrected chi connectivity index (χ3v) is 6.42. The van der Waals surface area contributed by atoms with Gasteiger partial charge in [0.15, 0.2) is 5.16 Å². The number of halogens is 1. The highest BCUT2D eigenvalue weighted by Gasteiger charge is 2.17. The van der Waals surface area contributed by atoms with Gasteiger partial charge in [-0.1, -0.05) is 53.7 Å². The summed E-state index contributed by atoms with van der Waals surface area (Å²) in [6.07, 6.45) is 0.